The molecule has 3 atom stereocenters. The minimum Gasteiger partial charge on any atom is -0.481 e. The average molecular weight is 407 g/mol. The van der Waals surface area contributed by atoms with Gasteiger partial charge in [-0.1, -0.05) is 6.42 Å². The molecule has 0 radical (unpaired) electrons. The number of hydrogen-bond donors (Lipinski definition) is 6. The van der Waals surface area contributed by atoms with Crippen molar-refractivity contribution in [2.24, 2.45) is 11.5 Å². The molecule has 0 heterocycles. The zero-order valence-corrected chi connectivity index (χ0v) is 16.3. The largest absolute Gasteiger partial charge is 0.481 e. The summed E-state index contributed by atoms with van der Waals surface area (Å²) in [5.74, 6) is -3.10. The summed E-state index contributed by atoms with van der Waals surface area (Å²) in [4.78, 5) is 46.5. The first-order chi connectivity index (χ1) is 12.7. The Hall–Kier alpha value is -1.85. The summed E-state index contributed by atoms with van der Waals surface area (Å²) in [6, 6.07) is -3.08. The van der Waals surface area contributed by atoms with Gasteiger partial charge >= 0.3 is 11.9 Å². The topological polar surface area (TPSA) is 185 Å². The Bertz CT molecular complexity index is 505. The molecular formula is C16H30N4O6S. The summed E-state index contributed by atoms with van der Waals surface area (Å²) in [5.41, 5.74) is 11.2. The number of amides is 2. The van der Waals surface area contributed by atoms with E-state index in [1.807, 2.05) is 6.26 Å². The van der Waals surface area contributed by atoms with E-state index in [-0.39, 0.29) is 6.42 Å². The van der Waals surface area contributed by atoms with E-state index < -0.39 is 48.3 Å². The second-order valence-corrected chi connectivity index (χ2v) is 7.05. The zero-order valence-electron chi connectivity index (χ0n) is 15.5. The van der Waals surface area contributed by atoms with Crippen LogP contribution >= 0.6 is 11.8 Å². The van der Waals surface area contributed by atoms with Crippen molar-refractivity contribution in [2.45, 2.75) is 56.7 Å². The lowest BCUT2D eigenvalue weighted by Gasteiger charge is -2.22. The maximum absolute atomic E-state index is 12.4. The monoisotopic (exact) mass is 406 g/mol. The van der Waals surface area contributed by atoms with E-state index in [1.54, 1.807) is 0 Å². The third-order valence-corrected chi connectivity index (χ3v) is 4.46. The van der Waals surface area contributed by atoms with Crippen LogP contribution in [0.15, 0.2) is 0 Å². The second kappa shape index (κ2) is 14.2. The average Bonchev–Trinajstić information content (AvgIpc) is 2.61. The Labute approximate surface area is 162 Å². The minimum atomic E-state index is -1.35. The summed E-state index contributed by atoms with van der Waals surface area (Å²) in [6.07, 6.45) is 3.33. The van der Waals surface area contributed by atoms with Gasteiger partial charge in [-0.2, -0.15) is 11.8 Å². The molecule has 0 saturated carbocycles. The highest BCUT2D eigenvalue weighted by Gasteiger charge is 2.27. The smallest absolute Gasteiger partial charge is 0.326 e. The molecule has 10 nitrogen and oxygen atoms in total. The first kappa shape index (κ1) is 25.1. The Morgan fingerprint density at radius 2 is 1.59 bits per heavy atom. The van der Waals surface area contributed by atoms with Crippen molar-refractivity contribution in [3.8, 4) is 0 Å². The third-order valence-electron chi connectivity index (χ3n) is 3.81. The number of carboxylic acid groups (broad SMARTS) is 2. The van der Waals surface area contributed by atoms with Gasteiger partial charge in [0, 0.05) is 6.42 Å². The lowest BCUT2D eigenvalue weighted by atomic mass is 10.1. The van der Waals surface area contributed by atoms with Gasteiger partial charge in [0.1, 0.15) is 12.1 Å². The highest BCUT2D eigenvalue weighted by Crippen LogP contribution is 2.05. The second-order valence-electron chi connectivity index (χ2n) is 6.07. The molecule has 0 aromatic heterocycles. The van der Waals surface area contributed by atoms with Crippen molar-refractivity contribution in [3.63, 3.8) is 0 Å². The van der Waals surface area contributed by atoms with Gasteiger partial charge in [0.2, 0.25) is 11.8 Å². The maximum atomic E-state index is 12.4. The molecule has 0 unspecified atom stereocenters. The fraction of sp³-hybridized carbons (Fsp3) is 0.750. The summed E-state index contributed by atoms with van der Waals surface area (Å²) in [7, 11) is 0. The molecule has 0 fully saturated rings. The molecular weight excluding hydrogens is 376 g/mol. The van der Waals surface area contributed by atoms with E-state index in [9.17, 15) is 19.2 Å². The molecule has 0 aliphatic carbocycles. The molecule has 11 heteroatoms. The SMILES string of the molecule is CSCC[C@H](NC(=O)[C@@H](N)CCCCN)C(=O)N[C@@H](CCC(=O)O)C(=O)O. The Kier molecular flexibility index (Phi) is 13.3. The summed E-state index contributed by atoms with van der Waals surface area (Å²) in [5, 5.41) is 22.7. The molecule has 0 aromatic carbocycles. The van der Waals surface area contributed by atoms with Gasteiger partial charge in [-0.15, -0.1) is 0 Å². The summed E-state index contributed by atoms with van der Waals surface area (Å²) in [6.45, 7) is 0.500. The molecule has 0 aliphatic heterocycles. The molecule has 0 rings (SSSR count). The van der Waals surface area contributed by atoms with Gasteiger partial charge in [-0.3, -0.25) is 14.4 Å². The molecule has 8 N–H and O–H groups in total. The molecule has 156 valence electrons. The number of thioether (sulfide) groups is 1. The summed E-state index contributed by atoms with van der Waals surface area (Å²) < 4.78 is 0. The maximum Gasteiger partial charge on any atom is 0.326 e. The van der Waals surface area contributed by atoms with Crippen molar-refractivity contribution < 1.29 is 29.4 Å². The van der Waals surface area contributed by atoms with Crippen molar-refractivity contribution in [1.82, 2.24) is 10.6 Å². The highest BCUT2D eigenvalue weighted by atomic mass is 32.2. The number of aliphatic carboxylic acids is 2. The van der Waals surface area contributed by atoms with Crippen LogP contribution in [0.4, 0.5) is 0 Å². The predicted octanol–water partition coefficient (Wildman–Crippen LogP) is -0.885. The number of hydrogen-bond acceptors (Lipinski definition) is 7. The number of nitrogens with one attached hydrogen (secondary N) is 2. The molecule has 0 saturated heterocycles. The fourth-order valence-corrected chi connectivity index (χ4v) is 2.69. The van der Waals surface area contributed by atoms with Crippen LogP contribution in [0.1, 0.15) is 38.5 Å². The Morgan fingerprint density at radius 1 is 0.963 bits per heavy atom. The van der Waals surface area contributed by atoms with Crippen LogP contribution < -0.4 is 22.1 Å². The lowest BCUT2D eigenvalue weighted by molar-refractivity contribution is -0.143. The summed E-state index contributed by atoms with van der Waals surface area (Å²) >= 11 is 1.47. The zero-order chi connectivity index (χ0) is 20.8. The molecule has 0 aromatic rings. The van der Waals surface area contributed by atoms with Crippen molar-refractivity contribution in [2.75, 3.05) is 18.6 Å². The van der Waals surface area contributed by atoms with Crippen molar-refractivity contribution in [3.05, 3.63) is 0 Å². The van der Waals surface area contributed by atoms with Gasteiger partial charge in [0.25, 0.3) is 0 Å². The highest BCUT2D eigenvalue weighted by molar-refractivity contribution is 7.98. The first-order valence-electron chi connectivity index (χ1n) is 8.72. The van der Waals surface area contributed by atoms with Crippen LogP contribution in [0.2, 0.25) is 0 Å². The Morgan fingerprint density at radius 3 is 2.11 bits per heavy atom. The van der Waals surface area contributed by atoms with E-state index in [0.717, 1.165) is 6.42 Å². The predicted molar refractivity (Wildman–Crippen MR) is 102 cm³/mol. The number of nitrogens with two attached hydrogens (primary N) is 2. The van der Waals surface area contributed by atoms with Gasteiger partial charge in [0.05, 0.1) is 6.04 Å². The lowest BCUT2D eigenvalue weighted by Crippen LogP contribution is -2.54. The van der Waals surface area contributed by atoms with Gasteiger partial charge in [-0.25, -0.2) is 4.79 Å². The van der Waals surface area contributed by atoms with Crippen LogP contribution in [0.3, 0.4) is 0 Å². The number of rotatable bonds is 15. The minimum absolute atomic E-state index is 0.252. The van der Waals surface area contributed by atoms with E-state index >= 15 is 0 Å². The van der Waals surface area contributed by atoms with E-state index in [4.69, 9.17) is 21.7 Å². The standard InChI is InChI=1S/C16H30N4O6S/c1-27-9-7-11(19-14(23)10(18)4-2-3-8-17)15(24)20-12(16(25)26)5-6-13(21)22/h10-12H,2-9,17-18H2,1H3,(H,19,23)(H,20,24)(H,21,22)(H,25,26)/t10-,11-,12-/m0/s1. The Balaban J connectivity index is 4.87. The fourth-order valence-electron chi connectivity index (χ4n) is 2.22. The van der Waals surface area contributed by atoms with Crippen LogP contribution in [0, 0.1) is 0 Å². The van der Waals surface area contributed by atoms with Gasteiger partial charge < -0.3 is 32.3 Å². The van der Waals surface area contributed by atoms with Crippen molar-refractivity contribution in [1.29, 1.82) is 0 Å². The van der Waals surface area contributed by atoms with E-state index in [0.29, 0.717) is 31.6 Å². The van der Waals surface area contributed by atoms with Gasteiger partial charge in [0.15, 0.2) is 0 Å². The quantitative estimate of drug-likeness (QED) is 0.188. The van der Waals surface area contributed by atoms with Crippen LogP contribution in [-0.2, 0) is 19.2 Å². The van der Waals surface area contributed by atoms with Crippen LogP contribution in [-0.4, -0.2) is 70.6 Å². The van der Waals surface area contributed by atoms with Crippen molar-refractivity contribution >= 4 is 35.5 Å². The number of carboxylic acids is 2. The number of carbonyl (C=O) groups excluding carboxylic acids is 2. The molecule has 0 aliphatic rings. The van der Waals surface area contributed by atoms with Gasteiger partial charge in [-0.05, 0) is 44.2 Å². The molecule has 2 amide bonds. The normalized spacial score (nSPS) is 14.0. The first-order valence-corrected chi connectivity index (χ1v) is 10.1. The third kappa shape index (κ3) is 11.5. The van der Waals surface area contributed by atoms with E-state index in [1.165, 1.54) is 11.8 Å². The molecule has 0 spiro atoms. The van der Waals surface area contributed by atoms with Crippen LogP contribution in [0.25, 0.3) is 0 Å². The molecule has 27 heavy (non-hydrogen) atoms. The van der Waals surface area contributed by atoms with Crippen LogP contribution in [0.5, 0.6) is 0 Å². The molecule has 0 bridgehead atoms. The number of carbonyl (C=O) groups is 4. The van der Waals surface area contributed by atoms with E-state index in [2.05, 4.69) is 10.6 Å². The number of unbranched alkanes of at least 4 members (excludes halogenated alkanes) is 1.